The van der Waals surface area contributed by atoms with Crippen LogP contribution in [0.25, 0.3) is 0 Å². The fourth-order valence-electron chi connectivity index (χ4n) is 2.56. The van der Waals surface area contributed by atoms with Crippen LogP contribution in [-0.4, -0.2) is 37.0 Å². The van der Waals surface area contributed by atoms with Crippen molar-refractivity contribution in [3.8, 4) is 5.75 Å². The summed E-state index contributed by atoms with van der Waals surface area (Å²) in [5.41, 5.74) is 6.43. The van der Waals surface area contributed by atoms with Crippen LogP contribution in [0.2, 0.25) is 0 Å². The molecule has 0 aliphatic carbocycles. The lowest BCUT2D eigenvalue weighted by Crippen LogP contribution is -2.42. The Labute approximate surface area is 120 Å². The third-order valence-electron chi connectivity index (χ3n) is 3.69. The van der Waals surface area contributed by atoms with Crippen LogP contribution in [0.3, 0.4) is 0 Å². The number of carbonyl (C=O) groups excluding carboxylic acids is 1. The van der Waals surface area contributed by atoms with E-state index in [1.165, 1.54) is 0 Å². The van der Waals surface area contributed by atoms with Crippen LogP contribution >= 0.6 is 0 Å². The Morgan fingerprint density at radius 2 is 2.35 bits per heavy atom. The molecular formula is C16H24N2O2. The van der Waals surface area contributed by atoms with Crippen LogP contribution in [0.1, 0.15) is 36.5 Å². The molecular weight excluding hydrogens is 252 g/mol. The fourth-order valence-corrected chi connectivity index (χ4v) is 2.56. The molecule has 1 unspecified atom stereocenters. The monoisotopic (exact) mass is 276 g/mol. The number of benzene rings is 1. The highest BCUT2D eigenvalue weighted by Crippen LogP contribution is 2.20. The number of carbonyl (C=O) groups is 1. The molecule has 0 saturated carbocycles. The molecule has 110 valence electrons. The van der Waals surface area contributed by atoms with E-state index in [2.05, 4.69) is 6.92 Å². The van der Waals surface area contributed by atoms with Gasteiger partial charge in [0.1, 0.15) is 5.75 Å². The summed E-state index contributed by atoms with van der Waals surface area (Å²) in [7, 11) is 0. The Bertz CT molecular complexity index is 448. The second-order valence-electron chi connectivity index (χ2n) is 5.37. The first-order chi connectivity index (χ1) is 9.74. The van der Waals surface area contributed by atoms with E-state index in [-0.39, 0.29) is 5.91 Å². The maximum Gasteiger partial charge on any atom is 0.253 e. The van der Waals surface area contributed by atoms with Gasteiger partial charge in [-0.05, 0) is 49.9 Å². The van der Waals surface area contributed by atoms with Gasteiger partial charge in [0.25, 0.3) is 5.91 Å². The summed E-state index contributed by atoms with van der Waals surface area (Å²) < 4.78 is 5.58. The van der Waals surface area contributed by atoms with Gasteiger partial charge in [-0.1, -0.05) is 13.0 Å². The van der Waals surface area contributed by atoms with Crippen molar-refractivity contribution in [2.75, 3.05) is 26.2 Å². The molecule has 2 rings (SSSR count). The van der Waals surface area contributed by atoms with Gasteiger partial charge < -0.3 is 15.4 Å². The van der Waals surface area contributed by atoms with Gasteiger partial charge >= 0.3 is 0 Å². The maximum absolute atomic E-state index is 12.5. The summed E-state index contributed by atoms with van der Waals surface area (Å²) in [6.45, 7) is 5.00. The van der Waals surface area contributed by atoms with E-state index in [0.29, 0.717) is 24.6 Å². The highest BCUT2D eigenvalue weighted by Gasteiger charge is 2.23. The molecule has 1 amide bonds. The molecule has 1 heterocycles. The van der Waals surface area contributed by atoms with Crippen LogP contribution in [0.5, 0.6) is 5.75 Å². The van der Waals surface area contributed by atoms with Crippen molar-refractivity contribution in [2.45, 2.75) is 26.2 Å². The van der Waals surface area contributed by atoms with Crippen molar-refractivity contribution >= 4 is 5.91 Å². The normalized spacial score (nSPS) is 18.9. The van der Waals surface area contributed by atoms with E-state index in [9.17, 15) is 4.79 Å². The average molecular weight is 276 g/mol. The lowest BCUT2D eigenvalue weighted by atomic mass is 9.97. The van der Waals surface area contributed by atoms with E-state index in [4.69, 9.17) is 10.5 Å². The Kier molecular flexibility index (Phi) is 5.41. The second-order valence-corrected chi connectivity index (χ2v) is 5.37. The van der Waals surface area contributed by atoms with Gasteiger partial charge in [0.05, 0.1) is 6.61 Å². The van der Waals surface area contributed by atoms with Crippen molar-refractivity contribution in [1.82, 2.24) is 4.90 Å². The standard InChI is InChI=1S/C16H24N2O2/c1-2-9-20-15-7-3-6-14(10-15)16(19)18-8-4-5-13(11-17)12-18/h3,6-7,10,13H,2,4-5,8-9,11-12,17H2,1H3. The smallest absolute Gasteiger partial charge is 0.253 e. The Balaban J connectivity index is 2.04. The van der Waals surface area contributed by atoms with Gasteiger partial charge in [0, 0.05) is 18.7 Å². The van der Waals surface area contributed by atoms with Gasteiger partial charge in [0.15, 0.2) is 0 Å². The number of nitrogens with zero attached hydrogens (tertiary/aromatic N) is 1. The number of rotatable bonds is 5. The first-order valence-electron chi connectivity index (χ1n) is 7.46. The number of nitrogens with two attached hydrogens (primary N) is 1. The molecule has 0 spiro atoms. The SMILES string of the molecule is CCCOc1cccc(C(=O)N2CCCC(CN)C2)c1. The van der Waals surface area contributed by atoms with Crippen molar-refractivity contribution < 1.29 is 9.53 Å². The van der Waals surface area contributed by atoms with Crippen molar-refractivity contribution in [2.24, 2.45) is 11.7 Å². The molecule has 1 atom stereocenters. The summed E-state index contributed by atoms with van der Waals surface area (Å²) in [6, 6.07) is 7.46. The van der Waals surface area contributed by atoms with Gasteiger partial charge in [-0.2, -0.15) is 0 Å². The molecule has 1 aliphatic rings. The summed E-state index contributed by atoms with van der Waals surface area (Å²) in [5.74, 6) is 1.29. The van der Waals surface area contributed by atoms with E-state index in [1.807, 2.05) is 29.2 Å². The van der Waals surface area contributed by atoms with Crippen LogP contribution in [-0.2, 0) is 0 Å². The van der Waals surface area contributed by atoms with E-state index in [1.54, 1.807) is 0 Å². The molecule has 4 heteroatoms. The summed E-state index contributed by atoms with van der Waals surface area (Å²) in [5, 5.41) is 0. The van der Waals surface area contributed by atoms with E-state index in [0.717, 1.165) is 38.1 Å². The fraction of sp³-hybridized carbons (Fsp3) is 0.562. The maximum atomic E-state index is 12.5. The topological polar surface area (TPSA) is 55.6 Å². The van der Waals surface area contributed by atoms with E-state index < -0.39 is 0 Å². The first kappa shape index (κ1) is 14.9. The molecule has 1 aromatic carbocycles. The largest absolute Gasteiger partial charge is 0.494 e. The van der Waals surface area contributed by atoms with Crippen LogP contribution in [0, 0.1) is 5.92 Å². The molecule has 1 aliphatic heterocycles. The molecule has 1 aromatic rings. The van der Waals surface area contributed by atoms with Crippen molar-refractivity contribution in [3.05, 3.63) is 29.8 Å². The number of ether oxygens (including phenoxy) is 1. The minimum atomic E-state index is 0.0881. The van der Waals surface area contributed by atoms with Gasteiger partial charge in [-0.25, -0.2) is 0 Å². The predicted octanol–water partition coefficient (Wildman–Crippen LogP) is 2.29. The highest BCUT2D eigenvalue weighted by molar-refractivity contribution is 5.94. The zero-order valence-corrected chi connectivity index (χ0v) is 12.2. The first-order valence-corrected chi connectivity index (χ1v) is 7.46. The molecule has 0 aromatic heterocycles. The van der Waals surface area contributed by atoms with Crippen LogP contribution in [0.15, 0.2) is 24.3 Å². The van der Waals surface area contributed by atoms with Gasteiger partial charge in [-0.3, -0.25) is 4.79 Å². The summed E-state index contributed by atoms with van der Waals surface area (Å²) in [6.07, 6.45) is 3.13. The molecule has 2 N–H and O–H groups in total. The second kappa shape index (κ2) is 7.29. The van der Waals surface area contributed by atoms with Crippen LogP contribution < -0.4 is 10.5 Å². The Morgan fingerprint density at radius 1 is 1.50 bits per heavy atom. The average Bonchev–Trinajstić information content (AvgIpc) is 2.52. The summed E-state index contributed by atoms with van der Waals surface area (Å²) >= 11 is 0. The number of hydrogen-bond acceptors (Lipinski definition) is 3. The quantitative estimate of drug-likeness (QED) is 0.897. The third-order valence-corrected chi connectivity index (χ3v) is 3.69. The van der Waals surface area contributed by atoms with E-state index >= 15 is 0 Å². The molecule has 0 bridgehead atoms. The zero-order chi connectivity index (χ0) is 14.4. The lowest BCUT2D eigenvalue weighted by molar-refractivity contribution is 0.0677. The summed E-state index contributed by atoms with van der Waals surface area (Å²) in [4.78, 5) is 14.4. The number of likely N-dealkylation sites (tertiary alicyclic amines) is 1. The van der Waals surface area contributed by atoms with Gasteiger partial charge in [0.2, 0.25) is 0 Å². The Hall–Kier alpha value is -1.55. The minimum absolute atomic E-state index is 0.0881. The predicted molar refractivity (Wildman–Crippen MR) is 79.9 cm³/mol. The number of piperidine rings is 1. The zero-order valence-electron chi connectivity index (χ0n) is 12.2. The molecule has 20 heavy (non-hydrogen) atoms. The third kappa shape index (κ3) is 3.73. The molecule has 0 radical (unpaired) electrons. The van der Waals surface area contributed by atoms with Gasteiger partial charge in [-0.15, -0.1) is 0 Å². The highest BCUT2D eigenvalue weighted by atomic mass is 16.5. The molecule has 1 saturated heterocycles. The number of hydrogen-bond donors (Lipinski definition) is 1. The Morgan fingerprint density at radius 3 is 3.10 bits per heavy atom. The minimum Gasteiger partial charge on any atom is -0.494 e. The number of amides is 1. The lowest BCUT2D eigenvalue weighted by Gasteiger charge is -2.32. The van der Waals surface area contributed by atoms with Crippen molar-refractivity contribution in [3.63, 3.8) is 0 Å². The van der Waals surface area contributed by atoms with Crippen LogP contribution in [0.4, 0.5) is 0 Å². The van der Waals surface area contributed by atoms with Crippen molar-refractivity contribution in [1.29, 1.82) is 0 Å². The molecule has 4 nitrogen and oxygen atoms in total. The molecule has 1 fully saturated rings.